The Morgan fingerprint density at radius 3 is 2.65 bits per heavy atom. The SMILES string of the molecule is O=C(CSc1nnc2c3c4c(sc3nc(Cc3ccccc3)n12)CCCC4)c1ccc(F)cc1. The number of carbonyl (C=O) groups is 1. The summed E-state index contributed by atoms with van der Waals surface area (Å²) in [6, 6.07) is 15.9. The first kappa shape index (κ1) is 21.4. The van der Waals surface area contributed by atoms with Crippen molar-refractivity contribution in [1.29, 1.82) is 0 Å². The second kappa shape index (κ2) is 8.92. The van der Waals surface area contributed by atoms with Crippen LogP contribution in [0.3, 0.4) is 0 Å². The maximum Gasteiger partial charge on any atom is 0.197 e. The smallest absolute Gasteiger partial charge is 0.197 e. The molecule has 0 amide bonds. The number of carbonyl (C=O) groups excluding carboxylic acids is 1. The molecule has 3 aromatic heterocycles. The van der Waals surface area contributed by atoms with Crippen LogP contribution in [0.2, 0.25) is 0 Å². The van der Waals surface area contributed by atoms with Gasteiger partial charge in [0.25, 0.3) is 0 Å². The van der Waals surface area contributed by atoms with Gasteiger partial charge in [0.2, 0.25) is 0 Å². The molecule has 5 nitrogen and oxygen atoms in total. The summed E-state index contributed by atoms with van der Waals surface area (Å²) in [4.78, 5) is 20.2. The van der Waals surface area contributed by atoms with Crippen molar-refractivity contribution in [3.05, 3.63) is 87.8 Å². The Morgan fingerprint density at radius 1 is 1.03 bits per heavy atom. The van der Waals surface area contributed by atoms with Gasteiger partial charge in [0, 0.05) is 16.9 Å². The number of rotatable bonds is 6. The fourth-order valence-electron chi connectivity index (χ4n) is 4.53. The summed E-state index contributed by atoms with van der Waals surface area (Å²) in [6.45, 7) is 0. The quantitative estimate of drug-likeness (QED) is 0.219. The molecule has 170 valence electrons. The van der Waals surface area contributed by atoms with Crippen LogP contribution < -0.4 is 0 Å². The van der Waals surface area contributed by atoms with E-state index in [-0.39, 0.29) is 17.4 Å². The van der Waals surface area contributed by atoms with Crippen LogP contribution in [-0.4, -0.2) is 31.1 Å². The van der Waals surface area contributed by atoms with Crippen LogP contribution >= 0.6 is 23.1 Å². The molecule has 5 aromatic rings. The predicted octanol–water partition coefficient (Wildman–Crippen LogP) is 5.92. The van der Waals surface area contributed by atoms with Gasteiger partial charge in [0.05, 0.1) is 11.1 Å². The van der Waals surface area contributed by atoms with Gasteiger partial charge in [-0.05, 0) is 61.1 Å². The number of aryl methyl sites for hydroxylation is 2. The molecule has 0 atom stereocenters. The van der Waals surface area contributed by atoms with E-state index in [2.05, 4.69) is 22.3 Å². The van der Waals surface area contributed by atoms with E-state index in [9.17, 15) is 9.18 Å². The molecule has 34 heavy (non-hydrogen) atoms. The van der Waals surface area contributed by atoms with E-state index in [4.69, 9.17) is 4.98 Å². The van der Waals surface area contributed by atoms with Gasteiger partial charge in [-0.2, -0.15) is 0 Å². The van der Waals surface area contributed by atoms with Crippen molar-refractivity contribution in [1.82, 2.24) is 19.6 Å². The molecule has 3 heterocycles. The predicted molar refractivity (Wildman–Crippen MR) is 134 cm³/mol. The molecule has 6 rings (SSSR count). The Labute approximate surface area is 204 Å². The van der Waals surface area contributed by atoms with Crippen molar-refractivity contribution in [2.24, 2.45) is 0 Å². The van der Waals surface area contributed by atoms with Crippen molar-refractivity contribution in [2.75, 3.05) is 5.75 Å². The van der Waals surface area contributed by atoms with E-state index >= 15 is 0 Å². The molecule has 0 bridgehead atoms. The molecule has 0 saturated heterocycles. The van der Waals surface area contributed by atoms with Crippen molar-refractivity contribution in [2.45, 2.75) is 37.3 Å². The third-order valence-corrected chi connectivity index (χ3v) is 8.32. The highest BCUT2D eigenvalue weighted by molar-refractivity contribution is 7.99. The maximum atomic E-state index is 13.2. The first-order valence-electron chi connectivity index (χ1n) is 11.3. The molecule has 0 spiro atoms. The summed E-state index contributed by atoms with van der Waals surface area (Å²) in [5.74, 6) is 0.631. The highest BCUT2D eigenvalue weighted by Crippen LogP contribution is 2.38. The molecule has 0 saturated carbocycles. The topological polar surface area (TPSA) is 60.2 Å². The molecule has 0 fully saturated rings. The number of thioether (sulfide) groups is 1. The van der Waals surface area contributed by atoms with Crippen LogP contribution in [0.15, 0.2) is 59.8 Å². The van der Waals surface area contributed by atoms with Crippen LogP contribution in [-0.2, 0) is 19.3 Å². The number of aromatic nitrogens is 4. The fourth-order valence-corrected chi connectivity index (χ4v) is 6.65. The Bertz CT molecular complexity index is 1510. The van der Waals surface area contributed by atoms with Crippen molar-refractivity contribution in [3.63, 3.8) is 0 Å². The lowest BCUT2D eigenvalue weighted by Crippen LogP contribution is -2.07. The molecule has 0 N–H and O–H groups in total. The van der Waals surface area contributed by atoms with Crippen molar-refractivity contribution < 1.29 is 9.18 Å². The van der Waals surface area contributed by atoms with Crippen LogP contribution in [0, 0.1) is 5.82 Å². The van der Waals surface area contributed by atoms with Gasteiger partial charge in [-0.1, -0.05) is 42.1 Å². The monoisotopic (exact) mass is 488 g/mol. The van der Waals surface area contributed by atoms with Gasteiger partial charge < -0.3 is 0 Å². The van der Waals surface area contributed by atoms with Crippen LogP contribution in [0.25, 0.3) is 15.9 Å². The van der Waals surface area contributed by atoms with Gasteiger partial charge in [-0.3, -0.25) is 9.20 Å². The molecule has 1 aliphatic rings. The average Bonchev–Trinajstić information content (AvgIpc) is 3.45. The zero-order chi connectivity index (χ0) is 23.1. The molecule has 8 heteroatoms. The van der Waals surface area contributed by atoms with Crippen LogP contribution in [0.5, 0.6) is 0 Å². The average molecular weight is 489 g/mol. The van der Waals surface area contributed by atoms with E-state index in [1.165, 1.54) is 59.3 Å². The van der Waals surface area contributed by atoms with Crippen LogP contribution in [0.4, 0.5) is 4.39 Å². The van der Waals surface area contributed by atoms with E-state index in [1.807, 2.05) is 22.6 Å². The summed E-state index contributed by atoms with van der Waals surface area (Å²) in [6.07, 6.45) is 5.18. The highest BCUT2D eigenvalue weighted by atomic mass is 32.2. The number of fused-ring (bicyclic) bond motifs is 5. The summed E-state index contributed by atoms with van der Waals surface area (Å²) in [5.41, 5.74) is 3.83. The van der Waals surface area contributed by atoms with Gasteiger partial charge in [0.1, 0.15) is 16.5 Å². The fraction of sp³-hybridized carbons (Fsp3) is 0.231. The number of hydrogen-bond donors (Lipinski definition) is 0. The third kappa shape index (κ3) is 3.91. The minimum absolute atomic E-state index is 0.0756. The highest BCUT2D eigenvalue weighted by Gasteiger charge is 2.24. The number of ketones is 1. The Morgan fingerprint density at radius 2 is 1.82 bits per heavy atom. The zero-order valence-corrected chi connectivity index (χ0v) is 20.0. The lowest BCUT2D eigenvalue weighted by Gasteiger charge is -2.11. The normalized spacial score (nSPS) is 13.4. The number of thiophene rings is 1. The molecule has 0 radical (unpaired) electrons. The maximum absolute atomic E-state index is 13.2. The van der Waals surface area contributed by atoms with Gasteiger partial charge in [-0.25, -0.2) is 9.37 Å². The Hall–Kier alpha value is -3.10. The minimum atomic E-state index is -0.354. The third-order valence-electron chi connectivity index (χ3n) is 6.20. The van der Waals surface area contributed by atoms with E-state index in [0.717, 1.165) is 40.1 Å². The Kier molecular flexibility index (Phi) is 5.63. The molecular formula is C26H21FN4OS2. The van der Waals surface area contributed by atoms with E-state index in [0.29, 0.717) is 17.1 Å². The lowest BCUT2D eigenvalue weighted by atomic mass is 9.97. The van der Waals surface area contributed by atoms with Gasteiger partial charge in [0.15, 0.2) is 16.6 Å². The number of hydrogen-bond acceptors (Lipinski definition) is 6. The summed E-state index contributed by atoms with van der Waals surface area (Å²) in [7, 11) is 0. The first-order valence-corrected chi connectivity index (χ1v) is 13.1. The van der Waals surface area contributed by atoms with Gasteiger partial charge >= 0.3 is 0 Å². The molecule has 0 unspecified atom stereocenters. The standard InChI is InChI=1S/C26H21FN4OS2/c27-18-12-10-17(11-13-18)20(32)15-33-26-30-29-24-23-19-8-4-5-9-21(19)34-25(23)28-22(31(24)26)14-16-6-2-1-3-7-16/h1-3,6-7,10-13H,4-5,8-9,14-15H2. The van der Waals surface area contributed by atoms with Gasteiger partial charge in [-0.15, -0.1) is 21.5 Å². The number of nitrogens with zero attached hydrogens (tertiary/aromatic N) is 4. The summed E-state index contributed by atoms with van der Waals surface area (Å²) in [5, 5.41) is 10.8. The van der Waals surface area contributed by atoms with Crippen molar-refractivity contribution in [3.8, 4) is 0 Å². The molecule has 0 aliphatic heterocycles. The zero-order valence-electron chi connectivity index (χ0n) is 18.3. The van der Waals surface area contributed by atoms with E-state index in [1.54, 1.807) is 11.3 Å². The number of halogens is 1. The first-order chi connectivity index (χ1) is 16.7. The van der Waals surface area contributed by atoms with Crippen molar-refractivity contribution >= 4 is 44.7 Å². The van der Waals surface area contributed by atoms with Crippen LogP contribution in [0.1, 0.15) is 45.0 Å². The second-order valence-corrected chi connectivity index (χ2v) is 10.5. The summed E-state index contributed by atoms with van der Waals surface area (Å²) < 4.78 is 15.3. The van der Waals surface area contributed by atoms with E-state index < -0.39 is 0 Å². The molecule has 1 aliphatic carbocycles. The minimum Gasteiger partial charge on any atom is -0.293 e. The molecule has 2 aromatic carbocycles. The Balaban J connectivity index is 1.42. The number of benzene rings is 2. The largest absolute Gasteiger partial charge is 0.293 e. The molecular weight excluding hydrogens is 467 g/mol. The number of Topliss-reactive ketones (excluding diaryl/α,β-unsaturated/α-hetero) is 1. The lowest BCUT2D eigenvalue weighted by molar-refractivity contribution is 0.102. The summed E-state index contributed by atoms with van der Waals surface area (Å²) >= 11 is 3.13. The second-order valence-electron chi connectivity index (χ2n) is 8.44.